The predicted molar refractivity (Wildman–Crippen MR) is 264 cm³/mol. The van der Waals surface area contributed by atoms with E-state index in [4.69, 9.17) is 12.7 Å². The van der Waals surface area contributed by atoms with Crippen molar-refractivity contribution < 1.29 is 12.7 Å². The number of benzene rings is 6. The van der Waals surface area contributed by atoms with Gasteiger partial charge in [0, 0.05) is 32.9 Å². The minimum absolute atomic E-state index is 0.579. The van der Waals surface area contributed by atoms with E-state index < -0.39 is 41.6 Å². The Labute approximate surface area is 354 Å². The number of nitrogens with zero attached hydrogens (tertiary/aromatic N) is 2. The highest BCUT2D eigenvalue weighted by Gasteiger charge is 2.41. The summed E-state index contributed by atoms with van der Waals surface area (Å²) >= 11 is 0. The SMILES string of the molecule is Cc1c2ccc3c1c1cc4ccc1n3-c1ccc(cc1)CO[Si](C)(C)c1ccc(cc1)-n1c3ccc(cc3c3c(C)c(ccc31)[Si](C)(C)O[Si]2(C)C)[Si](C)(C)O[Si]4(C)C. The quantitative estimate of drug-likeness (QED) is 0.143. The smallest absolute Gasteiger partial charge is 0.218 e. The lowest BCUT2D eigenvalue weighted by molar-refractivity contribution is 0.304. The van der Waals surface area contributed by atoms with Crippen LogP contribution < -0.4 is 25.9 Å². The molecule has 0 spiro atoms. The van der Waals surface area contributed by atoms with Gasteiger partial charge in [-0.3, -0.25) is 0 Å². The molecule has 0 atom stereocenters. The van der Waals surface area contributed by atoms with Crippen LogP contribution in [-0.2, 0) is 19.3 Å². The summed E-state index contributed by atoms with van der Waals surface area (Å²) in [5.41, 5.74) is 11.1. The summed E-state index contributed by atoms with van der Waals surface area (Å²) in [5, 5.41) is 11.9. The van der Waals surface area contributed by atoms with Crippen LogP contribution in [0.25, 0.3) is 55.0 Å². The Hall–Kier alpha value is -4.12. The van der Waals surface area contributed by atoms with Crippen molar-refractivity contribution in [2.75, 3.05) is 0 Å². The van der Waals surface area contributed by atoms with Crippen molar-refractivity contribution in [1.29, 1.82) is 0 Å². The summed E-state index contributed by atoms with van der Waals surface area (Å²) in [6.45, 7) is 29.2. The molecule has 16 aliphatic rings. The molecule has 0 radical (unpaired) electrons. The maximum atomic E-state index is 7.72. The molecule has 2 aromatic heterocycles. The molecule has 6 aromatic carbocycles. The van der Waals surface area contributed by atoms with Gasteiger partial charge in [0.15, 0.2) is 0 Å². The lowest BCUT2D eigenvalue weighted by Gasteiger charge is -2.36. The van der Waals surface area contributed by atoms with Crippen molar-refractivity contribution in [2.45, 2.75) is 85.9 Å². The molecule has 0 amide bonds. The summed E-state index contributed by atoms with van der Waals surface area (Å²) < 4.78 is 27.2. The standard InChI is InChI=1S/C49H56N2O3Si5/c1-32-46-27-25-44-48(32)40-29-38-21-23-42(40)50(44)35-15-13-34(14-16-35)31-52-55(3,4)37-19-17-36(18-20-37)51-43-24-22-39(57(7,8)53-56(38,5)6)30-41(43)49-33(2)47(28-26-45(49)51)59(11,12)54-58(46,9)10/h13-30H,31H2,1-12H3. The lowest BCUT2D eigenvalue weighted by atomic mass is 10.1. The van der Waals surface area contributed by atoms with Gasteiger partial charge >= 0.3 is 0 Å². The van der Waals surface area contributed by atoms with Gasteiger partial charge in [0.05, 0.1) is 28.7 Å². The number of rotatable bonds is 0. The van der Waals surface area contributed by atoms with E-state index in [0.717, 1.165) is 11.4 Å². The molecule has 0 saturated heterocycles. The third-order valence-electron chi connectivity index (χ3n) is 13.7. The van der Waals surface area contributed by atoms with Crippen LogP contribution in [0.2, 0.25) is 65.5 Å². The van der Waals surface area contributed by atoms with Gasteiger partial charge in [0.25, 0.3) is 0 Å². The van der Waals surface area contributed by atoms with E-state index in [1.54, 1.807) is 0 Å². The van der Waals surface area contributed by atoms with E-state index in [0.29, 0.717) is 6.61 Å². The van der Waals surface area contributed by atoms with Crippen LogP contribution in [0.3, 0.4) is 0 Å². The van der Waals surface area contributed by atoms with E-state index in [-0.39, 0.29) is 0 Å². The highest BCUT2D eigenvalue weighted by molar-refractivity contribution is 6.98. The summed E-state index contributed by atoms with van der Waals surface area (Å²) in [4.78, 5) is 0. The second-order valence-electron chi connectivity index (χ2n) is 19.7. The number of aromatic nitrogens is 2. The van der Waals surface area contributed by atoms with E-state index in [9.17, 15) is 0 Å². The molecule has 10 heteroatoms. The topological polar surface area (TPSA) is 37.5 Å². The van der Waals surface area contributed by atoms with Crippen LogP contribution in [-0.4, -0.2) is 50.7 Å². The van der Waals surface area contributed by atoms with Gasteiger partial charge in [-0.25, -0.2) is 0 Å². The van der Waals surface area contributed by atoms with Gasteiger partial charge in [0.1, 0.15) is 0 Å². The third-order valence-corrected chi connectivity index (χ3v) is 31.5. The molecule has 0 N–H and O–H groups in total. The summed E-state index contributed by atoms with van der Waals surface area (Å²) in [7, 11) is -12.1. The molecular formula is C49H56N2O3Si5. The fourth-order valence-electron chi connectivity index (χ4n) is 10.8. The molecule has 24 rings (SSSR count). The van der Waals surface area contributed by atoms with Crippen LogP contribution in [0.15, 0.2) is 109 Å². The molecule has 8 aromatic rings. The Morgan fingerprint density at radius 1 is 0.407 bits per heavy atom. The number of aryl methyl sites for hydroxylation is 2. The van der Waals surface area contributed by atoms with Crippen molar-refractivity contribution in [3.63, 3.8) is 0 Å². The molecular weight excluding hydrogens is 805 g/mol. The van der Waals surface area contributed by atoms with Crippen molar-refractivity contribution >= 4 is 111 Å². The maximum absolute atomic E-state index is 7.72. The fraction of sp³-hybridized carbons (Fsp3) is 0.265. The highest BCUT2D eigenvalue weighted by atomic mass is 28.4. The van der Waals surface area contributed by atoms with Gasteiger partial charge in [-0.1, -0.05) is 60.7 Å². The fourth-order valence-corrected chi connectivity index (χ4v) is 29.5. The van der Waals surface area contributed by atoms with Crippen LogP contribution in [0, 0.1) is 13.8 Å². The molecule has 0 aliphatic carbocycles. The summed E-state index contributed by atoms with van der Waals surface area (Å²) in [6, 6.07) is 42.2. The zero-order chi connectivity index (χ0) is 41.6. The van der Waals surface area contributed by atoms with Crippen molar-refractivity contribution in [3.8, 4) is 11.4 Å². The average Bonchev–Trinajstić information content (AvgIpc) is 3.69. The van der Waals surface area contributed by atoms with Gasteiger partial charge < -0.3 is 21.8 Å². The molecule has 18 bridgehead atoms. The van der Waals surface area contributed by atoms with Gasteiger partial charge in [-0.15, -0.1) is 0 Å². The van der Waals surface area contributed by atoms with Crippen molar-refractivity contribution in [2.24, 2.45) is 0 Å². The highest BCUT2D eigenvalue weighted by Crippen LogP contribution is 2.38. The Balaban J connectivity index is 1.35. The molecule has 0 unspecified atom stereocenters. The monoisotopic (exact) mass is 860 g/mol. The first kappa shape index (κ1) is 39.0. The van der Waals surface area contributed by atoms with Crippen molar-refractivity contribution in [1.82, 2.24) is 9.13 Å². The van der Waals surface area contributed by atoms with E-state index in [2.05, 4.69) is 198 Å². The van der Waals surface area contributed by atoms with Gasteiger partial charge in [-0.2, -0.15) is 0 Å². The Morgan fingerprint density at radius 3 is 1.25 bits per heavy atom. The second kappa shape index (κ2) is 12.9. The minimum atomic E-state index is -2.48. The van der Waals surface area contributed by atoms with E-state index in [1.165, 1.54) is 86.2 Å². The van der Waals surface area contributed by atoms with Gasteiger partial charge in [0.2, 0.25) is 41.6 Å². The average molecular weight is 861 g/mol. The van der Waals surface area contributed by atoms with Crippen LogP contribution in [0.1, 0.15) is 16.7 Å². The molecule has 59 heavy (non-hydrogen) atoms. The lowest BCUT2D eigenvalue weighted by Crippen LogP contribution is -2.58. The first-order chi connectivity index (χ1) is 27.8. The van der Waals surface area contributed by atoms with Crippen molar-refractivity contribution in [3.05, 3.63) is 126 Å². The first-order valence-corrected chi connectivity index (χ1v) is 35.7. The summed E-state index contributed by atoms with van der Waals surface area (Å²) in [5.74, 6) is 0. The summed E-state index contributed by atoms with van der Waals surface area (Å²) in [6.07, 6.45) is 0. The Bertz CT molecular complexity index is 3050. The molecule has 300 valence electrons. The molecule has 0 saturated carbocycles. The Morgan fingerprint density at radius 2 is 0.797 bits per heavy atom. The van der Waals surface area contributed by atoms with E-state index >= 15 is 0 Å². The maximum Gasteiger partial charge on any atom is 0.218 e. The molecule has 18 heterocycles. The number of hydrogen-bond acceptors (Lipinski definition) is 3. The van der Waals surface area contributed by atoms with Crippen LogP contribution >= 0.6 is 0 Å². The van der Waals surface area contributed by atoms with E-state index in [1.807, 2.05) is 0 Å². The van der Waals surface area contributed by atoms with Crippen LogP contribution in [0.4, 0.5) is 0 Å². The Kier molecular flexibility index (Phi) is 8.57. The normalized spacial score (nSPS) is 18.9. The van der Waals surface area contributed by atoms with Gasteiger partial charge in [-0.05, 0) is 170 Å². The number of hydrogen-bond donors (Lipinski definition) is 0. The molecule has 0 fully saturated rings. The first-order valence-electron chi connectivity index (χ1n) is 21.2. The third kappa shape index (κ3) is 5.97. The molecule has 5 nitrogen and oxygen atoms in total. The minimum Gasteiger partial charge on any atom is -0.449 e. The second-order valence-corrected chi connectivity index (χ2v) is 39.5. The van der Waals surface area contributed by atoms with Crippen LogP contribution in [0.5, 0.6) is 0 Å². The molecule has 16 aliphatic heterocycles. The largest absolute Gasteiger partial charge is 0.449 e. The zero-order valence-electron chi connectivity index (χ0n) is 36.7. The zero-order valence-corrected chi connectivity index (χ0v) is 41.7. The predicted octanol–water partition coefficient (Wildman–Crippen LogP) is 9.84.